The molecule has 1 aromatic rings. The molecule has 0 aromatic carbocycles. The number of piperidine rings is 1. The smallest absolute Gasteiger partial charge is 0.307 e. The van der Waals surface area contributed by atoms with Gasteiger partial charge >= 0.3 is 16.2 Å². The quantitative estimate of drug-likeness (QED) is 0.748. The number of rotatable bonds is 4. The Morgan fingerprint density at radius 2 is 2.20 bits per heavy atom. The first-order chi connectivity index (χ1) is 9.31. The Kier molecular flexibility index (Phi) is 4.00. The van der Waals surface area contributed by atoms with Crippen LogP contribution in [0.4, 0.5) is 5.69 Å². The van der Waals surface area contributed by atoms with Crippen LogP contribution in [0.3, 0.4) is 0 Å². The molecular formula is C11H18N4O4S. The number of carboxylic acid groups (broad SMARTS) is 1. The van der Waals surface area contributed by atoms with Crippen molar-refractivity contribution in [2.45, 2.75) is 26.7 Å². The van der Waals surface area contributed by atoms with Crippen molar-refractivity contribution in [2.75, 3.05) is 17.8 Å². The second-order valence-corrected chi connectivity index (χ2v) is 6.62. The Morgan fingerprint density at radius 1 is 1.50 bits per heavy atom. The summed E-state index contributed by atoms with van der Waals surface area (Å²) >= 11 is 0. The molecule has 2 rings (SSSR count). The van der Waals surface area contributed by atoms with Gasteiger partial charge in [-0.1, -0.05) is 0 Å². The molecule has 0 spiro atoms. The van der Waals surface area contributed by atoms with E-state index < -0.39 is 22.1 Å². The van der Waals surface area contributed by atoms with Crippen LogP contribution in [0.5, 0.6) is 0 Å². The van der Waals surface area contributed by atoms with Crippen molar-refractivity contribution >= 4 is 21.9 Å². The van der Waals surface area contributed by atoms with E-state index >= 15 is 0 Å². The molecule has 1 unspecified atom stereocenters. The van der Waals surface area contributed by atoms with Crippen LogP contribution in [-0.2, 0) is 15.0 Å². The van der Waals surface area contributed by atoms with Gasteiger partial charge in [-0.2, -0.15) is 17.8 Å². The van der Waals surface area contributed by atoms with Gasteiger partial charge in [0.2, 0.25) is 0 Å². The van der Waals surface area contributed by atoms with E-state index in [0.717, 1.165) is 0 Å². The van der Waals surface area contributed by atoms with Gasteiger partial charge in [-0.3, -0.25) is 14.6 Å². The van der Waals surface area contributed by atoms with Crippen LogP contribution in [0.1, 0.15) is 24.2 Å². The van der Waals surface area contributed by atoms with Crippen LogP contribution in [0.25, 0.3) is 0 Å². The fraction of sp³-hybridized carbons (Fsp3) is 0.636. The van der Waals surface area contributed by atoms with E-state index in [9.17, 15) is 13.2 Å². The van der Waals surface area contributed by atoms with Crippen molar-refractivity contribution < 1.29 is 18.3 Å². The number of hydrogen-bond donors (Lipinski definition) is 3. The highest BCUT2D eigenvalue weighted by molar-refractivity contribution is 7.90. The number of aromatic nitrogens is 2. The zero-order valence-corrected chi connectivity index (χ0v) is 12.2. The molecule has 3 N–H and O–H groups in total. The first-order valence-corrected chi connectivity index (χ1v) is 7.77. The lowest BCUT2D eigenvalue weighted by Crippen LogP contribution is -2.44. The highest BCUT2D eigenvalue weighted by atomic mass is 32.2. The number of H-pyrrole nitrogens is 1. The molecule has 8 nitrogen and oxygen atoms in total. The number of carboxylic acids is 1. The summed E-state index contributed by atoms with van der Waals surface area (Å²) in [7, 11) is -3.76. The molecule has 0 bridgehead atoms. The topological polar surface area (TPSA) is 115 Å². The van der Waals surface area contributed by atoms with Crippen LogP contribution in [-0.4, -0.2) is 47.1 Å². The number of nitrogens with zero attached hydrogens (tertiary/aromatic N) is 2. The molecule has 0 aliphatic carbocycles. The van der Waals surface area contributed by atoms with Gasteiger partial charge in [0.15, 0.2) is 0 Å². The summed E-state index contributed by atoms with van der Waals surface area (Å²) in [6, 6.07) is 0. The third kappa shape index (κ3) is 2.93. The number of anilines is 1. The van der Waals surface area contributed by atoms with Crippen molar-refractivity contribution in [1.82, 2.24) is 14.5 Å². The maximum absolute atomic E-state index is 12.3. The minimum Gasteiger partial charge on any atom is -0.481 e. The van der Waals surface area contributed by atoms with Gasteiger partial charge in [-0.25, -0.2) is 0 Å². The lowest BCUT2D eigenvalue weighted by atomic mass is 10.0. The Balaban J connectivity index is 2.16. The van der Waals surface area contributed by atoms with Crippen LogP contribution < -0.4 is 4.72 Å². The van der Waals surface area contributed by atoms with Gasteiger partial charge in [0.25, 0.3) is 0 Å². The van der Waals surface area contributed by atoms with Crippen molar-refractivity contribution in [2.24, 2.45) is 5.92 Å². The minimum absolute atomic E-state index is 0.000608. The molecule has 0 amide bonds. The van der Waals surface area contributed by atoms with E-state index in [-0.39, 0.29) is 6.54 Å². The molecule has 0 radical (unpaired) electrons. The third-order valence-electron chi connectivity index (χ3n) is 3.43. The van der Waals surface area contributed by atoms with Crippen molar-refractivity contribution in [1.29, 1.82) is 0 Å². The number of hydrogen-bond acceptors (Lipinski definition) is 4. The predicted molar refractivity (Wildman–Crippen MR) is 72.5 cm³/mol. The molecular weight excluding hydrogens is 284 g/mol. The Bertz CT molecular complexity index is 590. The molecule has 112 valence electrons. The van der Waals surface area contributed by atoms with Gasteiger partial charge in [0.05, 0.1) is 23.0 Å². The fourth-order valence-corrected chi connectivity index (χ4v) is 3.69. The summed E-state index contributed by atoms with van der Waals surface area (Å²) < 4.78 is 28.3. The zero-order valence-electron chi connectivity index (χ0n) is 11.4. The largest absolute Gasteiger partial charge is 0.481 e. The molecule has 1 aromatic heterocycles. The Morgan fingerprint density at radius 3 is 2.75 bits per heavy atom. The summed E-state index contributed by atoms with van der Waals surface area (Å²) in [5.74, 6) is -1.60. The zero-order chi connectivity index (χ0) is 14.9. The molecule has 20 heavy (non-hydrogen) atoms. The summed E-state index contributed by atoms with van der Waals surface area (Å²) in [5.41, 5.74) is 1.60. The average molecular weight is 302 g/mol. The molecule has 1 atom stereocenters. The summed E-state index contributed by atoms with van der Waals surface area (Å²) in [5, 5.41) is 15.6. The van der Waals surface area contributed by atoms with Gasteiger partial charge in [0.1, 0.15) is 0 Å². The molecule has 1 saturated heterocycles. The van der Waals surface area contributed by atoms with Gasteiger partial charge in [-0.05, 0) is 26.7 Å². The maximum Gasteiger partial charge on any atom is 0.307 e. The lowest BCUT2D eigenvalue weighted by Gasteiger charge is -2.29. The lowest BCUT2D eigenvalue weighted by molar-refractivity contribution is -0.142. The Labute approximate surface area is 117 Å². The number of aliphatic carboxylic acids is 1. The van der Waals surface area contributed by atoms with E-state index in [2.05, 4.69) is 14.9 Å². The number of aryl methyl sites for hydroxylation is 2. The number of aromatic amines is 1. The average Bonchev–Trinajstić information content (AvgIpc) is 2.70. The van der Waals surface area contributed by atoms with Crippen LogP contribution in [0.15, 0.2) is 0 Å². The van der Waals surface area contributed by atoms with Crippen molar-refractivity contribution in [3.8, 4) is 0 Å². The molecule has 1 aliphatic heterocycles. The monoisotopic (exact) mass is 302 g/mol. The van der Waals surface area contributed by atoms with Crippen LogP contribution in [0.2, 0.25) is 0 Å². The van der Waals surface area contributed by atoms with E-state index in [4.69, 9.17) is 5.11 Å². The fourth-order valence-electron chi connectivity index (χ4n) is 2.26. The van der Waals surface area contributed by atoms with E-state index in [1.807, 2.05) is 0 Å². The van der Waals surface area contributed by atoms with Crippen LogP contribution in [0, 0.1) is 19.8 Å². The van der Waals surface area contributed by atoms with Crippen LogP contribution >= 0.6 is 0 Å². The molecule has 1 fully saturated rings. The standard InChI is InChI=1S/C11H18N4O4S/c1-7-10(8(2)13-12-7)14-20(18,19)15-5-3-4-9(6-15)11(16)17/h9,14H,3-6H2,1-2H3,(H,12,13)(H,16,17). The SMILES string of the molecule is Cc1n[nH]c(C)c1NS(=O)(=O)N1CCCC(C(=O)O)C1. The maximum atomic E-state index is 12.3. The Hall–Kier alpha value is -1.61. The van der Waals surface area contributed by atoms with E-state index in [0.29, 0.717) is 36.5 Å². The van der Waals surface area contributed by atoms with Gasteiger partial charge in [0, 0.05) is 13.1 Å². The minimum atomic E-state index is -3.76. The summed E-state index contributed by atoms with van der Waals surface area (Å²) in [6.07, 6.45) is 1.05. The second-order valence-electron chi connectivity index (χ2n) is 4.95. The second kappa shape index (κ2) is 5.41. The van der Waals surface area contributed by atoms with Crippen molar-refractivity contribution in [3.05, 3.63) is 11.4 Å². The number of carbonyl (C=O) groups is 1. The third-order valence-corrected chi connectivity index (χ3v) is 4.91. The predicted octanol–water partition coefficient (Wildman–Crippen LogP) is 0.480. The first-order valence-electron chi connectivity index (χ1n) is 6.33. The number of nitrogens with one attached hydrogen (secondary N) is 2. The normalized spacial score (nSPS) is 20.8. The molecule has 0 saturated carbocycles. The molecule has 2 heterocycles. The van der Waals surface area contributed by atoms with E-state index in [1.54, 1.807) is 13.8 Å². The highest BCUT2D eigenvalue weighted by Crippen LogP contribution is 2.23. The summed E-state index contributed by atoms with van der Waals surface area (Å²) in [6.45, 7) is 3.74. The van der Waals surface area contributed by atoms with Gasteiger partial charge < -0.3 is 5.11 Å². The van der Waals surface area contributed by atoms with Gasteiger partial charge in [-0.15, -0.1) is 0 Å². The molecule has 9 heteroatoms. The summed E-state index contributed by atoms with van der Waals surface area (Å²) in [4.78, 5) is 11.0. The first kappa shape index (κ1) is 14.8. The highest BCUT2D eigenvalue weighted by Gasteiger charge is 2.32. The molecule has 1 aliphatic rings. The van der Waals surface area contributed by atoms with Crippen molar-refractivity contribution in [3.63, 3.8) is 0 Å². The van der Waals surface area contributed by atoms with E-state index in [1.165, 1.54) is 4.31 Å².